The summed E-state index contributed by atoms with van der Waals surface area (Å²) in [4.78, 5) is 22.2. The van der Waals surface area contributed by atoms with Crippen molar-refractivity contribution in [2.75, 3.05) is 26.6 Å². The van der Waals surface area contributed by atoms with Crippen LogP contribution in [0, 0.1) is 0 Å². The van der Waals surface area contributed by atoms with E-state index in [0.29, 0.717) is 17.1 Å². The molecule has 28 heavy (non-hydrogen) atoms. The highest BCUT2D eigenvalue weighted by atomic mass is 32.2. The zero-order chi connectivity index (χ0) is 20.5. The first kappa shape index (κ1) is 19.8. The second-order valence-electron chi connectivity index (χ2n) is 5.79. The molecule has 2 heterocycles. The molecule has 1 aliphatic heterocycles. The number of nitrogens with one attached hydrogen (secondary N) is 2. The smallest absolute Gasteiger partial charge is 0.335 e. The minimum absolute atomic E-state index is 0.0707. The summed E-state index contributed by atoms with van der Waals surface area (Å²) >= 11 is 5.31. The molecule has 0 spiro atoms. The number of aromatic nitrogens is 2. The van der Waals surface area contributed by atoms with Crippen LogP contribution in [0.2, 0.25) is 0 Å². The van der Waals surface area contributed by atoms with Gasteiger partial charge < -0.3 is 14.4 Å². The van der Waals surface area contributed by atoms with Gasteiger partial charge in [0.05, 0.1) is 25.2 Å². The molecule has 3 rings (SSSR count). The third kappa shape index (κ3) is 3.82. The number of methoxy groups -OCH3 is 2. The molecule has 10 nitrogen and oxygen atoms in total. The lowest BCUT2D eigenvalue weighted by molar-refractivity contribution is 0.256. The predicted molar refractivity (Wildman–Crippen MR) is 104 cm³/mol. The first-order valence-corrected chi connectivity index (χ1v) is 9.82. The van der Waals surface area contributed by atoms with Gasteiger partial charge in [0.15, 0.2) is 0 Å². The summed E-state index contributed by atoms with van der Waals surface area (Å²) in [6, 6.07) is 5.16. The number of rotatable bonds is 5. The van der Waals surface area contributed by atoms with Crippen LogP contribution in [0.3, 0.4) is 0 Å². The van der Waals surface area contributed by atoms with Gasteiger partial charge in [0, 0.05) is 19.2 Å². The van der Waals surface area contributed by atoms with E-state index in [0.717, 1.165) is 5.56 Å². The van der Waals surface area contributed by atoms with Gasteiger partial charge in [0.25, 0.3) is 10.0 Å². The van der Waals surface area contributed by atoms with Gasteiger partial charge in [0.1, 0.15) is 4.99 Å². The van der Waals surface area contributed by atoms with E-state index in [1.165, 1.54) is 26.4 Å². The largest absolute Gasteiger partial charge is 0.481 e. The van der Waals surface area contributed by atoms with Gasteiger partial charge in [-0.25, -0.2) is 17.9 Å². The first-order chi connectivity index (χ1) is 13.2. The van der Waals surface area contributed by atoms with Crippen LogP contribution >= 0.6 is 12.2 Å². The minimum Gasteiger partial charge on any atom is -0.481 e. The van der Waals surface area contributed by atoms with E-state index in [4.69, 9.17) is 21.7 Å². The molecule has 1 aliphatic rings. The number of anilines is 1. The Bertz CT molecular complexity index is 1040. The summed E-state index contributed by atoms with van der Waals surface area (Å²) < 4.78 is 37.4. The van der Waals surface area contributed by atoms with Crippen LogP contribution in [-0.2, 0) is 16.6 Å². The number of urea groups is 1. The molecule has 0 atom stereocenters. The van der Waals surface area contributed by atoms with E-state index in [1.54, 1.807) is 24.1 Å². The predicted octanol–water partition coefficient (Wildman–Crippen LogP) is 1.13. The van der Waals surface area contributed by atoms with Gasteiger partial charge in [-0.2, -0.15) is 9.97 Å². The van der Waals surface area contributed by atoms with Crippen molar-refractivity contribution in [1.29, 1.82) is 0 Å². The standard InChI is InChI=1S/C16H17N5O5S2/c1-21-8-9-5-4-6-10(13(9)14(21)27)28(23,24)20-16(22)19-15-17-11(25-2)7-12(18-15)26-3/h4-7H,8H2,1-3H3,(H2,17,18,19,20,22). The maximum absolute atomic E-state index is 12.8. The molecule has 1 aromatic heterocycles. The van der Waals surface area contributed by atoms with Gasteiger partial charge in [-0.15, -0.1) is 0 Å². The summed E-state index contributed by atoms with van der Waals surface area (Å²) in [6.07, 6.45) is 0. The third-order valence-corrected chi connectivity index (χ3v) is 5.81. The zero-order valence-electron chi connectivity index (χ0n) is 15.2. The van der Waals surface area contributed by atoms with Crippen LogP contribution in [0.5, 0.6) is 11.8 Å². The van der Waals surface area contributed by atoms with Crippen molar-refractivity contribution in [2.45, 2.75) is 11.4 Å². The molecule has 148 valence electrons. The van der Waals surface area contributed by atoms with Crippen LogP contribution in [0.25, 0.3) is 0 Å². The Morgan fingerprint density at radius 2 is 1.86 bits per heavy atom. The van der Waals surface area contributed by atoms with Crippen molar-refractivity contribution >= 4 is 39.2 Å². The topological polar surface area (TPSA) is 123 Å². The normalized spacial score (nSPS) is 13.1. The molecule has 0 saturated carbocycles. The lowest BCUT2D eigenvalue weighted by atomic mass is 10.1. The lowest BCUT2D eigenvalue weighted by Crippen LogP contribution is -2.35. The Hall–Kier alpha value is -2.99. The Balaban J connectivity index is 1.84. The molecule has 1 aromatic carbocycles. The Morgan fingerprint density at radius 1 is 1.21 bits per heavy atom. The fraction of sp³-hybridized carbons (Fsp3) is 0.250. The molecule has 0 bridgehead atoms. The van der Waals surface area contributed by atoms with Crippen molar-refractivity contribution in [1.82, 2.24) is 19.6 Å². The van der Waals surface area contributed by atoms with Crippen LogP contribution in [-0.4, -0.2) is 55.6 Å². The number of nitrogens with zero attached hydrogens (tertiary/aromatic N) is 3. The lowest BCUT2D eigenvalue weighted by Gasteiger charge is -2.12. The average Bonchev–Trinajstić information content (AvgIpc) is 2.94. The fourth-order valence-electron chi connectivity index (χ4n) is 2.67. The van der Waals surface area contributed by atoms with Crippen molar-refractivity contribution < 1.29 is 22.7 Å². The first-order valence-electron chi connectivity index (χ1n) is 7.93. The monoisotopic (exact) mass is 423 g/mol. The number of carbonyl (C=O) groups excluding carboxylic acids is 1. The number of benzene rings is 1. The van der Waals surface area contributed by atoms with E-state index < -0.39 is 16.1 Å². The second kappa shape index (κ2) is 7.56. The Kier molecular flexibility index (Phi) is 5.34. The highest BCUT2D eigenvalue weighted by Crippen LogP contribution is 2.28. The summed E-state index contributed by atoms with van der Waals surface area (Å²) in [5.41, 5.74) is 1.19. The van der Waals surface area contributed by atoms with E-state index in [1.807, 2.05) is 4.72 Å². The Morgan fingerprint density at radius 3 is 2.46 bits per heavy atom. The average molecular weight is 423 g/mol. The molecule has 2 N–H and O–H groups in total. The SMILES string of the molecule is COc1cc(OC)nc(NC(=O)NS(=O)(=O)c2cccc3c2C(=S)N(C)C3)n1. The summed E-state index contributed by atoms with van der Waals surface area (Å²) in [5, 5.41) is 2.25. The maximum Gasteiger partial charge on any atom is 0.335 e. The molecular formula is C16H17N5O5S2. The molecule has 2 aromatic rings. The number of sulfonamides is 1. The van der Waals surface area contributed by atoms with E-state index in [9.17, 15) is 13.2 Å². The van der Waals surface area contributed by atoms with Crippen LogP contribution < -0.4 is 19.5 Å². The quantitative estimate of drug-likeness (QED) is 0.681. The number of hydrogen-bond donors (Lipinski definition) is 2. The number of ether oxygens (including phenoxy) is 2. The van der Waals surface area contributed by atoms with Gasteiger partial charge in [-0.3, -0.25) is 5.32 Å². The number of fused-ring (bicyclic) bond motifs is 1. The van der Waals surface area contributed by atoms with E-state index in [2.05, 4.69) is 15.3 Å². The van der Waals surface area contributed by atoms with Gasteiger partial charge in [0.2, 0.25) is 17.7 Å². The number of amides is 2. The van der Waals surface area contributed by atoms with E-state index in [-0.39, 0.29) is 22.6 Å². The zero-order valence-corrected chi connectivity index (χ0v) is 16.8. The molecule has 0 radical (unpaired) electrons. The summed E-state index contributed by atoms with van der Waals surface area (Å²) in [6.45, 7) is 0.501. The minimum atomic E-state index is -4.19. The summed E-state index contributed by atoms with van der Waals surface area (Å²) in [5.74, 6) is 0.0935. The number of thiocarbonyl (C=S) groups is 1. The van der Waals surface area contributed by atoms with Crippen molar-refractivity contribution in [3.63, 3.8) is 0 Å². The van der Waals surface area contributed by atoms with Crippen molar-refractivity contribution in [3.8, 4) is 11.8 Å². The van der Waals surface area contributed by atoms with Gasteiger partial charge in [-0.05, 0) is 11.6 Å². The van der Waals surface area contributed by atoms with Gasteiger partial charge in [-0.1, -0.05) is 24.4 Å². The molecule has 0 unspecified atom stereocenters. The fourth-order valence-corrected chi connectivity index (χ4v) is 4.20. The molecule has 0 saturated heterocycles. The van der Waals surface area contributed by atoms with Crippen LogP contribution in [0.15, 0.2) is 29.2 Å². The van der Waals surface area contributed by atoms with Crippen molar-refractivity contribution in [3.05, 3.63) is 35.4 Å². The van der Waals surface area contributed by atoms with E-state index >= 15 is 0 Å². The highest BCUT2D eigenvalue weighted by Gasteiger charge is 2.30. The molecule has 2 amide bonds. The molecule has 0 fully saturated rings. The molecule has 0 aliphatic carbocycles. The van der Waals surface area contributed by atoms with Crippen molar-refractivity contribution in [2.24, 2.45) is 0 Å². The molecular weight excluding hydrogens is 406 g/mol. The maximum atomic E-state index is 12.8. The second-order valence-corrected chi connectivity index (χ2v) is 7.82. The van der Waals surface area contributed by atoms with Crippen LogP contribution in [0.4, 0.5) is 10.7 Å². The number of hydrogen-bond acceptors (Lipinski definition) is 8. The Labute approximate surface area is 166 Å². The number of carbonyl (C=O) groups is 1. The third-order valence-electron chi connectivity index (χ3n) is 3.92. The molecule has 12 heteroatoms. The van der Waals surface area contributed by atoms with Gasteiger partial charge >= 0.3 is 6.03 Å². The van der Waals surface area contributed by atoms with Crippen LogP contribution in [0.1, 0.15) is 11.1 Å². The highest BCUT2D eigenvalue weighted by molar-refractivity contribution is 7.90. The summed E-state index contributed by atoms with van der Waals surface area (Å²) in [7, 11) is 0.345.